The van der Waals surface area contributed by atoms with Gasteiger partial charge in [0.15, 0.2) is 11.5 Å². The molecule has 1 saturated carbocycles. The lowest BCUT2D eigenvalue weighted by Crippen LogP contribution is -1.96. The van der Waals surface area contributed by atoms with Crippen LogP contribution in [0.2, 0.25) is 0 Å². The maximum absolute atomic E-state index is 9.35. The van der Waals surface area contributed by atoms with Crippen molar-refractivity contribution in [3.63, 3.8) is 0 Å². The van der Waals surface area contributed by atoms with Crippen molar-refractivity contribution in [2.45, 2.75) is 19.3 Å². The summed E-state index contributed by atoms with van der Waals surface area (Å²) < 4.78 is 10.6. The predicted molar refractivity (Wildman–Crippen MR) is 73.0 cm³/mol. The van der Waals surface area contributed by atoms with Crippen molar-refractivity contribution in [3.8, 4) is 17.6 Å². The molecule has 1 fully saturated rings. The van der Waals surface area contributed by atoms with E-state index in [1.807, 2.05) is 18.2 Å². The molecule has 3 heteroatoms. The first-order valence-electron chi connectivity index (χ1n) is 6.35. The summed E-state index contributed by atoms with van der Waals surface area (Å²) in [5.74, 6) is 1.42. The third-order valence-corrected chi connectivity index (χ3v) is 3.90. The van der Waals surface area contributed by atoms with Crippen molar-refractivity contribution < 1.29 is 9.47 Å². The van der Waals surface area contributed by atoms with Gasteiger partial charge in [0, 0.05) is 0 Å². The van der Waals surface area contributed by atoms with Gasteiger partial charge < -0.3 is 9.47 Å². The SMILES string of the molecule is COc1ccc(C2=C3CCC(=C2C#N)C3)cc1OC. The van der Waals surface area contributed by atoms with Crippen molar-refractivity contribution in [3.05, 3.63) is 40.5 Å². The summed E-state index contributed by atoms with van der Waals surface area (Å²) in [4.78, 5) is 0. The molecule has 1 aromatic rings. The second kappa shape index (κ2) is 4.47. The average molecular weight is 253 g/mol. The number of rotatable bonds is 3. The maximum Gasteiger partial charge on any atom is 0.161 e. The third kappa shape index (κ3) is 1.72. The highest BCUT2D eigenvalue weighted by Crippen LogP contribution is 2.48. The molecule has 0 aromatic heterocycles. The standard InChI is InChI=1S/C16H15NO2/c1-18-14-6-5-12(8-15(14)19-2)16-11-4-3-10(7-11)13(16)9-17/h5-6,8H,3-4,7H2,1-2H3. The molecule has 19 heavy (non-hydrogen) atoms. The summed E-state index contributed by atoms with van der Waals surface area (Å²) in [6.45, 7) is 0. The van der Waals surface area contributed by atoms with E-state index >= 15 is 0 Å². The smallest absolute Gasteiger partial charge is 0.161 e. The van der Waals surface area contributed by atoms with E-state index in [2.05, 4.69) is 6.07 Å². The van der Waals surface area contributed by atoms with Crippen LogP contribution >= 0.6 is 0 Å². The van der Waals surface area contributed by atoms with Crippen LogP contribution in [0.25, 0.3) is 5.57 Å². The number of hydrogen-bond acceptors (Lipinski definition) is 3. The molecular weight excluding hydrogens is 238 g/mol. The molecule has 3 rings (SSSR count). The Morgan fingerprint density at radius 2 is 1.79 bits per heavy atom. The Morgan fingerprint density at radius 1 is 1.05 bits per heavy atom. The molecule has 0 amide bonds. The first kappa shape index (κ1) is 11.9. The Kier molecular flexibility index (Phi) is 2.79. The highest BCUT2D eigenvalue weighted by Gasteiger charge is 2.30. The molecule has 2 aliphatic carbocycles. The molecular formula is C16H15NO2. The van der Waals surface area contributed by atoms with E-state index in [0.29, 0.717) is 11.5 Å². The molecule has 0 N–H and O–H groups in total. The van der Waals surface area contributed by atoms with Gasteiger partial charge in [-0.2, -0.15) is 5.26 Å². The van der Waals surface area contributed by atoms with Crippen LogP contribution in [0.4, 0.5) is 0 Å². The molecule has 0 aliphatic heterocycles. The highest BCUT2D eigenvalue weighted by molar-refractivity contribution is 5.91. The van der Waals surface area contributed by atoms with E-state index in [4.69, 9.17) is 9.47 Å². The third-order valence-electron chi connectivity index (χ3n) is 3.90. The Bertz CT molecular complexity index is 647. The van der Waals surface area contributed by atoms with Crippen LogP contribution in [0.15, 0.2) is 34.9 Å². The zero-order valence-corrected chi connectivity index (χ0v) is 11.1. The predicted octanol–water partition coefficient (Wildman–Crippen LogP) is 3.48. The zero-order valence-electron chi connectivity index (χ0n) is 11.1. The normalized spacial score (nSPS) is 16.9. The van der Waals surface area contributed by atoms with Crippen LogP contribution in [-0.2, 0) is 0 Å². The van der Waals surface area contributed by atoms with E-state index < -0.39 is 0 Å². The molecule has 0 radical (unpaired) electrons. The number of nitriles is 1. The lowest BCUT2D eigenvalue weighted by molar-refractivity contribution is 0.355. The summed E-state index contributed by atoms with van der Waals surface area (Å²) in [7, 11) is 3.25. The second-order valence-corrected chi connectivity index (χ2v) is 4.82. The van der Waals surface area contributed by atoms with Gasteiger partial charge in [-0.15, -0.1) is 0 Å². The van der Waals surface area contributed by atoms with Gasteiger partial charge in [-0.05, 0) is 48.1 Å². The fraction of sp³-hybridized carbons (Fsp3) is 0.312. The minimum Gasteiger partial charge on any atom is -0.493 e. The summed E-state index contributed by atoms with van der Waals surface area (Å²) >= 11 is 0. The van der Waals surface area contributed by atoms with Crippen LogP contribution < -0.4 is 9.47 Å². The first-order valence-corrected chi connectivity index (χ1v) is 6.35. The van der Waals surface area contributed by atoms with Crippen molar-refractivity contribution in [2.75, 3.05) is 14.2 Å². The lowest BCUT2D eigenvalue weighted by atomic mass is 9.92. The van der Waals surface area contributed by atoms with Crippen molar-refractivity contribution >= 4 is 5.57 Å². The van der Waals surface area contributed by atoms with Crippen molar-refractivity contribution in [1.82, 2.24) is 0 Å². The topological polar surface area (TPSA) is 42.2 Å². The van der Waals surface area contributed by atoms with E-state index in [0.717, 1.165) is 36.0 Å². The first-order chi connectivity index (χ1) is 9.28. The molecule has 2 bridgehead atoms. The van der Waals surface area contributed by atoms with Gasteiger partial charge in [0.1, 0.15) is 0 Å². The Morgan fingerprint density at radius 3 is 2.47 bits per heavy atom. The largest absolute Gasteiger partial charge is 0.493 e. The monoisotopic (exact) mass is 253 g/mol. The molecule has 2 aliphatic rings. The van der Waals surface area contributed by atoms with Crippen LogP contribution in [0, 0.1) is 11.3 Å². The second-order valence-electron chi connectivity index (χ2n) is 4.82. The van der Waals surface area contributed by atoms with Crippen LogP contribution in [0.3, 0.4) is 0 Å². The van der Waals surface area contributed by atoms with E-state index in [-0.39, 0.29) is 0 Å². The number of ether oxygens (including phenoxy) is 2. The van der Waals surface area contributed by atoms with Gasteiger partial charge in [0.25, 0.3) is 0 Å². The number of hydrogen-bond donors (Lipinski definition) is 0. The number of methoxy groups -OCH3 is 2. The van der Waals surface area contributed by atoms with Gasteiger partial charge in [0.05, 0.1) is 25.9 Å². The summed E-state index contributed by atoms with van der Waals surface area (Å²) in [5, 5.41) is 9.35. The maximum atomic E-state index is 9.35. The Balaban J connectivity index is 2.10. The zero-order chi connectivity index (χ0) is 13.4. The van der Waals surface area contributed by atoms with Crippen LogP contribution in [0.5, 0.6) is 11.5 Å². The van der Waals surface area contributed by atoms with Crippen LogP contribution in [-0.4, -0.2) is 14.2 Å². The van der Waals surface area contributed by atoms with Crippen molar-refractivity contribution in [1.29, 1.82) is 5.26 Å². The molecule has 0 spiro atoms. The molecule has 0 atom stereocenters. The molecule has 3 nitrogen and oxygen atoms in total. The molecule has 96 valence electrons. The molecule has 0 saturated heterocycles. The van der Waals surface area contributed by atoms with Crippen molar-refractivity contribution in [2.24, 2.45) is 0 Å². The summed E-state index contributed by atoms with van der Waals surface area (Å²) in [6.07, 6.45) is 3.12. The fourth-order valence-electron chi connectivity index (χ4n) is 2.99. The van der Waals surface area contributed by atoms with Gasteiger partial charge in [-0.3, -0.25) is 0 Å². The van der Waals surface area contributed by atoms with Gasteiger partial charge >= 0.3 is 0 Å². The average Bonchev–Trinajstić information content (AvgIpc) is 3.06. The van der Waals surface area contributed by atoms with E-state index in [1.165, 1.54) is 11.1 Å². The highest BCUT2D eigenvalue weighted by atomic mass is 16.5. The minimum absolute atomic E-state index is 0.707. The van der Waals surface area contributed by atoms with E-state index in [1.54, 1.807) is 14.2 Å². The van der Waals surface area contributed by atoms with Gasteiger partial charge in [-0.25, -0.2) is 0 Å². The fourth-order valence-corrected chi connectivity index (χ4v) is 2.99. The van der Waals surface area contributed by atoms with Gasteiger partial charge in [-0.1, -0.05) is 11.6 Å². The van der Waals surface area contributed by atoms with E-state index in [9.17, 15) is 5.26 Å². The van der Waals surface area contributed by atoms with Gasteiger partial charge in [0.2, 0.25) is 0 Å². The quantitative estimate of drug-likeness (QED) is 0.828. The number of benzene rings is 1. The summed E-state index contributed by atoms with van der Waals surface area (Å²) in [6, 6.07) is 8.22. The molecule has 0 heterocycles. The van der Waals surface area contributed by atoms with Crippen LogP contribution in [0.1, 0.15) is 24.8 Å². The minimum atomic E-state index is 0.707. The Labute approximate surface area is 112 Å². The number of nitrogens with zero attached hydrogens (tertiary/aromatic N) is 1. The Hall–Kier alpha value is -2.21. The lowest BCUT2D eigenvalue weighted by Gasteiger charge is -2.13. The number of allylic oxidation sites excluding steroid dienone is 4. The molecule has 0 unspecified atom stereocenters. The number of fused-ring (bicyclic) bond motifs is 2. The summed E-state index contributed by atoms with van der Waals surface area (Å²) in [5.41, 5.74) is 5.72. The molecule has 1 aromatic carbocycles.